The third kappa shape index (κ3) is 2.52. The maximum atomic E-state index is 13.9. The van der Waals surface area contributed by atoms with Gasteiger partial charge in [-0.2, -0.15) is 0 Å². The standard InChI is InChI=1S/C12H13FIN3O2/c1-15-10-6-11(18)17(12(19)16(10)2)9-4-3-7(14)5-8(9)13/h3-6,12,15,19H,1-2H3. The highest BCUT2D eigenvalue weighted by molar-refractivity contribution is 14.1. The molecule has 0 spiro atoms. The lowest BCUT2D eigenvalue weighted by molar-refractivity contribution is -0.119. The van der Waals surface area contributed by atoms with Crippen molar-refractivity contribution < 1.29 is 14.3 Å². The molecular formula is C12H13FIN3O2. The second-order valence-corrected chi connectivity index (χ2v) is 5.29. The average molecular weight is 377 g/mol. The van der Waals surface area contributed by atoms with Crippen molar-refractivity contribution in [1.29, 1.82) is 0 Å². The van der Waals surface area contributed by atoms with Crippen LogP contribution in [0.5, 0.6) is 0 Å². The van der Waals surface area contributed by atoms with Gasteiger partial charge in [-0.3, -0.25) is 9.69 Å². The minimum Gasteiger partial charge on any atom is -0.375 e. The number of aliphatic hydroxyl groups is 1. The number of halogens is 2. The van der Waals surface area contributed by atoms with E-state index in [4.69, 9.17) is 0 Å². The van der Waals surface area contributed by atoms with Crippen molar-refractivity contribution in [2.75, 3.05) is 19.0 Å². The van der Waals surface area contributed by atoms with Gasteiger partial charge in [-0.25, -0.2) is 4.39 Å². The number of aliphatic hydroxyl groups excluding tert-OH is 1. The van der Waals surface area contributed by atoms with Crippen LogP contribution in [-0.2, 0) is 4.79 Å². The molecule has 1 atom stereocenters. The Morgan fingerprint density at radius 2 is 2.16 bits per heavy atom. The Labute approximate surface area is 123 Å². The van der Waals surface area contributed by atoms with Crippen molar-refractivity contribution in [1.82, 2.24) is 10.2 Å². The molecule has 5 nitrogen and oxygen atoms in total. The van der Waals surface area contributed by atoms with Crippen molar-refractivity contribution in [3.63, 3.8) is 0 Å². The number of rotatable bonds is 2. The van der Waals surface area contributed by atoms with Crippen molar-refractivity contribution in [3.8, 4) is 0 Å². The highest BCUT2D eigenvalue weighted by Gasteiger charge is 2.33. The van der Waals surface area contributed by atoms with E-state index in [1.54, 1.807) is 20.2 Å². The molecule has 0 saturated carbocycles. The molecule has 0 bridgehead atoms. The maximum Gasteiger partial charge on any atom is 0.258 e. The third-order valence-electron chi connectivity index (χ3n) is 2.88. The fourth-order valence-electron chi connectivity index (χ4n) is 1.87. The molecule has 0 aliphatic carbocycles. The first-order chi connectivity index (χ1) is 8.95. The summed E-state index contributed by atoms with van der Waals surface area (Å²) < 4.78 is 14.6. The lowest BCUT2D eigenvalue weighted by Crippen LogP contribution is -2.54. The van der Waals surface area contributed by atoms with E-state index in [1.165, 1.54) is 23.1 Å². The summed E-state index contributed by atoms with van der Waals surface area (Å²) in [5.41, 5.74) is 0.0520. The number of amides is 1. The Kier molecular flexibility index (Phi) is 3.95. The van der Waals surface area contributed by atoms with Gasteiger partial charge in [0.25, 0.3) is 5.91 Å². The smallest absolute Gasteiger partial charge is 0.258 e. The summed E-state index contributed by atoms with van der Waals surface area (Å²) in [5.74, 6) is -0.552. The SMILES string of the molecule is CNC1=CC(=O)N(c2ccc(I)cc2F)C(O)N1C. The fourth-order valence-corrected chi connectivity index (χ4v) is 2.32. The van der Waals surface area contributed by atoms with Gasteiger partial charge in [-0.1, -0.05) is 0 Å². The van der Waals surface area contributed by atoms with Gasteiger partial charge in [0.05, 0.1) is 5.69 Å². The highest BCUT2D eigenvalue weighted by atomic mass is 127. The molecule has 1 amide bonds. The normalized spacial score (nSPS) is 19.5. The van der Waals surface area contributed by atoms with E-state index in [2.05, 4.69) is 5.32 Å². The van der Waals surface area contributed by atoms with Gasteiger partial charge in [0.2, 0.25) is 6.35 Å². The Morgan fingerprint density at radius 3 is 2.74 bits per heavy atom. The van der Waals surface area contributed by atoms with Crippen molar-refractivity contribution in [2.24, 2.45) is 0 Å². The molecule has 102 valence electrons. The number of anilines is 1. The first kappa shape index (κ1) is 14.1. The quantitative estimate of drug-likeness (QED) is 0.757. The molecule has 0 fully saturated rings. The van der Waals surface area contributed by atoms with Crippen molar-refractivity contribution >= 4 is 34.2 Å². The molecular weight excluding hydrogens is 364 g/mol. The molecule has 1 aliphatic heterocycles. The molecule has 0 saturated heterocycles. The van der Waals surface area contributed by atoms with E-state index >= 15 is 0 Å². The summed E-state index contributed by atoms with van der Waals surface area (Å²) in [6, 6.07) is 4.47. The van der Waals surface area contributed by atoms with Crippen LogP contribution in [0.25, 0.3) is 0 Å². The molecule has 1 aromatic carbocycles. The number of nitrogens with zero attached hydrogens (tertiary/aromatic N) is 2. The summed E-state index contributed by atoms with van der Waals surface area (Å²) in [5, 5.41) is 12.9. The van der Waals surface area contributed by atoms with E-state index in [0.29, 0.717) is 5.82 Å². The number of carbonyl (C=O) groups is 1. The van der Waals surface area contributed by atoms with Gasteiger partial charge in [-0.05, 0) is 40.8 Å². The molecule has 0 radical (unpaired) electrons. The number of benzene rings is 1. The zero-order valence-corrected chi connectivity index (χ0v) is 12.6. The van der Waals surface area contributed by atoms with Crippen LogP contribution >= 0.6 is 22.6 Å². The van der Waals surface area contributed by atoms with Gasteiger partial charge < -0.3 is 15.3 Å². The van der Waals surface area contributed by atoms with Gasteiger partial charge in [0.15, 0.2) is 0 Å². The van der Waals surface area contributed by atoms with E-state index in [0.717, 1.165) is 8.47 Å². The Bertz CT molecular complexity index is 550. The van der Waals surface area contributed by atoms with Crippen LogP contribution in [-0.4, -0.2) is 36.4 Å². The molecule has 1 unspecified atom stereocenters. The predicted molar refractivity (Wildman–Crippen MR) is 77.5 cm³/mol. The van der Waals surface area contributed by atoms with Gasteiger partial charge in [-0.15, -0.1) is 0 Å². The van der Waals surface area contributed by atoms with Gasteiger partial charge in [0, 0.05) is 23.7 Å². The maximum absolute atomic E-state index is 13.9. The molecule has 0 aromatic heterocycles. The van der Waals surface area contributed by atoms with Gasteiger partial charge >= 0.3 is 0 Å². The van der Waals surface area contributed by atoms with E-state index in [-0.39, 0.29) is 5.69 Å². The first-order valence-corrected chi connectivity index (χ1v) is 6.62. The summed E-state index contributed by atoms with van der Waals surface area (Å²) in [4.78, 5) is 14.5. The minimum atomic E-state index is -1.26. The average Bonchev–Trinajstić information content (AvgIpc) is 2.36. The van der Waals surface area contributed by atoms with Crippen LogP contribution in [0.3, 0.4) is 0 Å². The topological polar surface area (TPSA) is 55.8 Å². The van der Waals surface area contributed by atoms with Gasteiger partial charge in [0.1, 0.15) is 11.6 Å². The largest absolute Gasteiger partial charge is 0.375 e. The molecule has 1 aliphatic rings. The van der Waals surface area contributed by atoms with E-state index < -0.39 is 18.1 Å². The Balaban J connectivity index is 2.45. The molecule has 1 heterocycles. The minimum absolute atomic E-state index is 0.0520. The molecule has 19 heavy (non-hydrogen) atoms. The number of carbonyl (C=O) groups excluding carboxylic acids is 1. The first-order valence-electron chi connectivity index (χ1n) is 5.54. The molecule has 7 heteroatoms. The number of hydrogen-bond donors (Lipinski definition) is 2. The molecule has 2 N–H and O–H groups in total. The van der Waals surface area contributed by atoms with Crippen molar-refractivity contribution in [3.05, 3.63) is 39.5 Å². The van der Waals surface area contributed by atoms with Crippen LogP contribution < -0.4 is 10.2 Å². The Morgan fingerprint density at radius 1 is 1.47 bits per heavy atom. The summed E-state index contributed by atoms with van der Waals surface area (Å²) in [7, 11) is 3.25. The zero-order valence-electron chi connectivity index (χ0n) is 10.4. The monoisotopic (exact) mass is 377 g/mol. The summed E-state index contributed by atoms with van der Waals surface area (Å²) >= 11 is 1.98. The lowest BCUT2D eigenvalue weighted by atomic mass is 10.2. The highest BCUT2D eigenvalue weighted by Crippen LogP contribution is 2.27. The van der Waals surface area contributed by atoms with Crippen molar-refractivity contribution in [2.45, 2.75) is 6.35 Å². The molecule has 1 aromatic rings. The second kappa shape index (κ2) is 5.33. The summed E-state index contributed by atoms with van der Waals surface area (Å²) in [6.45, 7) is 0. The second-order valence-electron chi connectivity index (χ2n) is 4.04. The van der Waals surface area contributed by atoms with Crippen LogP contribution in [0.4, 0.5) is 10.1 Å². The molecule has 2 rings (SSSR count). The predicted octanol–water partition coefficient (Wildman–Crippen LogP) is 1.05. The van der Waals surface area contributed by atoms with E-state index in [1.807, 2.05) is 22.6 Å². The van der Waals surface area contributed by atoms with Crippen LogP contribution in [0.2, 0.25) is 0 Å². The third-order valence-corrected chi connectivity index (χ3v) is 3.55. The van der Waals surface area contributed by atoms with Crippen LogP contribution in [0.1, 0.15) is 0 Å². The number of nitrogens with one attached hydrogen (secondary N) is 1. The lowest BCUT2D eigenvalue weighted by Gasteiger charge is -2.39. The Hall–Kier alpha value is -1.35. The fraction of sp³-hybridized carbons (Fsp3) is 0.250. The summed E-state index contributed by atoms with van der Waals surface area (Å²) in [6.07, 6.45) is 0.0546. The van der Waals surface area contributed by atoms with Crippen LogP contribution in [0, 0.1) is 9.39 Å². The van der Waals surface area contributed by atoms with Crippen LogP contribution in [0.15, 0.2) is 30.1 Å². The van der Waals surface area contributed by atoms with E-state index in [9.17, 15) is 14.3 Å². The zero-order chi connectivity index (χ0) is 14.2. The number of hydrogen-bond acceptors (Lipinski definition) is 4.